The summed E-state index contributed by atoms with van der Waals surface area (Å²) in [6.45, 7) is 5.13. The Hall–Kier alpha value is -1.44. The van der Waals surface area contributed by atoms with Gasteiger partial charge in [0, 0.05) is 6.04 Å². The molecule has 1 aliphatic heterocycles. The molecule has 19 heavy (non-hydrogen) atoms. The molecule has 0 bridgehead atoms. The van der Waals surface area contributed by atoms with E-state index in [1.54, 1.807) is 6.07 Å². The Morgan fingerprint density at radius 1 is 1.53 bits per heavy atom. The number of hydrogen-bond acceptors (Lipinski definition) is 3. The SMILES string of the molecule is CCN1CCC(CNC)C1c1ccc(F)c(C#N)c1. The van der Waals surface area contributed by atoms with E-state index in [9.17, 15) is 4.39 Å². The lowest BCUT2D eigenvalue weighted by molar-refractivity contribution is 0.238. The molecule has 0 saturated carbocycles. The van der Waals surface area contributed by atoms with Crippen molar-refractivity contribution in [2.24, 2.45) is 5.92 Å². The first-order chi connectivity index (χ1) is 9.21. The van der Waals surface area contributed by atoms with Gasteiger partial charge in [0.1, 0.15) is 11.9 Å². The zero-order valence-electron chi connectivity index (χ0n) is 11.5. The summed E-state index contributed by atoms with van der Waals surface area (Å²) in [5.74, 6) is 0.0828. The van der Waals surface area contributed by atoms with E-state index in [1.165, 1.54) is 6.07 Å². The van der Waals surface area contributed by atoms with Crippen molar-refractivity contribution in [3.63, 3.8) is 0 Å². The largest absolute Gasteiger partial charge is 0.319 e. The molecule has 2 rings (SSSR count). The third-order valence-electron chi connectivity index (χ3n) is 3.95. The Balaban J connectivity index is 2.33. The standard InChI is InChI=1S/C15H20FN3/c1-3-19-7-6-12(10-18-2)15(19)11-4-5-14(16)13(8-11)9-17/h4-5,8,12,15,18H,3,6-7,10H2,1-2H3. The summed E-state index contributed by atoms with van der Waals surface area (Å²) in [6.07, 6.45) is 1.14. The Labute approximate surface area is 114 Å². The maximum atomic E-state index is 13.4. The van der Waals surface area contributed by atoms with Crippen LogP contribution in [0.3, 0.4) is 0 Å². The Kier molecular flexibility index (Phi) is 4.52. The van der Waals surface area contributed by atoms with Crippen LogP contribution in [0.25, 0.3) is 0 Å². The molecule has 0 aromatic heterocycles. The molecular formula is C15H20FN3. The van der Waals surface area contributed by atoms with E-state index in [4.69, 9.17) is 5.26 Å². The van der Waals surface area contributed by atoms with E-state index in [1.807, 2.05) is 19.2 Å². The van der Waals surface area contributed by atoms with Crippen molar-refractivity contribution in [1.82, 2.24) is 10.2 Å². The van der Waals surface area contributed by atoms with Crippen molar-refractivity contribution in [2.75, 3.05) is 26.7 Å². The Morgan fingerprint density at radius 2 is 2.32 bits per heavy atom. The van der Waals surface area contributed by atoms with Crippen LogP contribution in [0, 0.1) is 23.1 Å². The van der Waals surface area contributed by atoms with E-state index in [0.29, 0.717) is 5.92 Å². The maximum absolute atomic E-state index is 13.4. The van der Waals surface area contributed by atoms with Gasteiger partial charge in [0.15, 0.2) is 0 Å². The second-order valence-corrected chi connectivity index (χ2v) is 5.03. The molecule has 2 atom stereocenters. The summed E-state index contributed by atoms with van der Waals surface area (Å²) < 4.78 is 13.4. The van der Waals surface area contributed by atoms with Gasteiger partial charge < -0.3 is 5.32 Å². The van der Waals surface area contributed by atoms with Crippen LogP contribution in [0.1, 0.15) is 30.5 Å². The fourth-order valence-electron chi connectivity index (χ4n) is 3.05. The van der Waals surface area contributed by atoms with Crippen LogP contribution >= 0.6 is 0 Å². The van der Waals surface area contributed by atoms with Gasteiger partial charge in [-0.15, -0.1) is 0 Å². The first kappa shape index (κ1) is 14.0. The summed E-state index contributed by atoms with van der Waals surface area (Å²) in [6, 6.07) is 7.15. The highest BCUT2D eigenvalue weighted by Gasteiger charge is 2.34. The van der Waals surface area contributed by atoms with Crippen LogP contribution in [0.5, 0.6) is 0 Å². The van der Waals surface area contributed by atoms with Gasteiger partial charge in [-0.25, -0.2) is 4.39 Å². The predicted molar refractivity (Wildman–Crippen MR) is 73.1 cm³/mol. The third-order valence-corrected chi connectivity index (χ3v) is 3.95. The van der Waals surface area contributed by atoms with Gasteiger partial charge in [0.2, 0.25) is 0 Å². The van der Waals surface area contributed by atoms with E-state index >= 15 is 0 Å². The molecule has 1 heterocycles. The van der Waals surface area contributed by atoms with E-state index in [0.717, 1.165) is 31.6 Å². The number of hydrogen-bond donors (Lipinski definition) is 1. The van der Waals surface area contributed by atoms with E-state index in [-0.39, 0.29) is 11.6 Å². The highest BCUT2D eigenvalue weighted by molar-refractivity contribution is 5.36. The first-order valence-electron chi connectivity index (χ1n) is 6.79. The fourth-order valence-corrected chi connectivity index (χ4v) is 3.05. The summed E-state index contributed by atoms with van der Waals surface area (Å²) in [5.41, 5.74) is 1.20. The number of rotatable bonds is 4. The monoisotopic (exact) mass is 261 g/mol. The second kappa shape index (κ2) is 6.14. The average Bonchev–Trinajstić information content (AvgIpc) is 2.83. The van der Waals surface area contributed by atoms with Gasteiger partial charge in [-0.1, -0.05) is 13.0 Å². The van der Waals surface area contributed by atoms with Crippen LogP contribution in [0.2, 0.25) is 0 Å². The zero-order valence-corrected chi connectivity index (χ0v) is 11.5. The molecule has 0 radical (unpaired) electrons. The summed E-state index contributed by atoms with van der Waals surface area (Å²) in [4.78, 5) is 2.40. The number of likely N-dealkylation sites (tertiary alicyclic amines) is 1. The molecule has 1 N–H and O–H groups in total. The quantitative estimate of drug-likeness (QED) is 0.904. The van der Waals surface area contributed by atoms with Gasteiger partial charge in [-0.05, 0) is 56.7 Å². The molecule has 102 valence electrons. The Bertz CT molecular complexity index is 481. The lowest BCUT2D eigenvalue weighted by Gasteiger charge is -2.27. The molecular weight excluding hydrogens is 241 g/mol. The molecule has 1 saturated heterocycles. The molecule has 0 amide bonds. The molecule has 1 fully saturated rings. The topological polar surface area (TPSA) is 39.1 Å². The lowest BCUT2D eigenvalue weighted by Crippen LogP contribution is -2.29. The molecule has 0 aliphatic carbocycles. The van der Waals surface area contributed by atoms with Crippen LogP contribution < -0.4 is 5.32 Å². The van der Waals surface area contributed by atoms with Crippen LogP contribution in [0.4, 0.5) is 4.39 Å². The van der Waals surface area contributed by atoms with Crippen LogP contribution in [-0.4, -0.2) is 31.6 Å². The van der Waals surface area contributed by atoms with Crippen molar-refractivity contribution in [1.29, 1.82) is 5.26 Å². The molecule has 0 spiro atoms. The minimum absolute atomic E-state index is 0.142. The first-order valence-corrected chi connectivity index (χ1v) is 6.79. The average molecular weight is 261 g/mol. The van der Waals surface area contributed by atoms with Gasteiger partial charge in [0.25, 0.3) is 0 Å². The Morgan fingerprint density at radius 3 is 2.95 bits per heavy atom. The summed E-state index contributed by atoms with van der Waals surface area (Å²) in [5, 5.41) is 12.2. The van der Waals surface area contributed by atoms with Crippen molar-refractivity contribution < 1.29 is 4.39 Å². The highest BCUT2D eigenvalue weighted by Crippen LogP contribution is 2.37. The van der Waals surface area contributed by atoms with Crippen LogP contribution in [-0.2, 0) is 0 Å². The zero-order chi connectivity index (χ0) is 13.8. The van der Waals surface area contributed by atoms with Crippen molar-refractivity contribution in [3.05, 3.63) is 35.1 Å². The number of nitriles is 1. The minimum atomic E-state index is -0.433. The number of benzene rings is 1. The van der Waals surface area contributed by atoms with Gasteiger partial charge in [-0.2, -0.15) is 5.26 Å². The second-order valence-electron chi connectivity index (χ2n) is 5.03. The summed E-state index contributed by atoms with van der Waals surface area (Å²) >= 11 is 0. The smallest absolute Gasteiger partial charge is 0.140 e. The predicted octanol–water partition coefficient (Wildman–Crippen LogP) is 2.30. The minimum Gasteiger partial charge on any atom is -0.319 e. The molecule has 1 aromatic carbocycles. The molecule has 1 aliphatic rings. The molecule has 2 unspecified atom stereocenters. The highest BCUT2D eigenvalue weighted by atomic mass is 19.1. The van der Waals surface area contributed by atoms with Gasteiger partial charge >= 0.3 is 0 Å². The maximum Gasteiger partial charge on any atom is 0.140 e. The van der Waals surface area contributed by atoms with Gasteiger partial charge in [0.05, 0.1) is 5.56 Å². The lowest BCUT2D eigenvalue weighted by atomic mass is 9.92. The van der Waals surface area contributed by atoms with Crippen molar-refractivity contribution in [3.8, 4) is 6.07 Å². The molecule has 4 heteroatoms. The third kappa shape index (κ3) is 2.78. The number of nitrogens with one attached hydrogen (secondary N) is 1. The number of halogens is 1. The van der Waals surface area contributed by atoms with Crippen molar-refractivity contribution in [2.45, 2.75) is 19.4 Å². The molecule has 3 nitrogen and oxygen atoms in total. The summed E-state index contributed by atoms with van der Waals surface area (Å²) in [7, 11) is 1.96. The van der Waals surface area contributed by atoms with Crippen molar-refractivity contribution >= 4 is 0 Å². The fraction of sp³-hybridized carbons (Fsp3) is 0.533. The van der Waals surface area contributed by atoms with E-state index in [2.05, 4.69) is 17.1 Å². The normalized spacial score (nSPS) is 23.5. The van der Waals surface area contributed by atoms with Gasteiger partial charge in [-0.3, -0.25) is 4.90 Å². The number of nitrogens with zero attached hydrogens (tertiary/aromatic N) is 2. The molecule has 1 aromatic rings. The van der Waals surface area contributed by atoms with E-state index < -0.39 is 5.82 Å². The van der Waals surface area contributed by atoms with Crippen LogP contribution in [0.15, 0.2) is 18.2 Å².